The number of likely N-dealkylation sites (tertiary alicyclic amines) is 2. The van der Waals surface area contributed by atoms with E-state index in [9.17, 15) is 4.79 Å². The van der Waals surface area contributed by atoms with Gasteiger partial charge in [-0.25, -0.2) is 4.98 Å². The fourth-order valence-corrected chi connectivity index (χ4v) is 4.38. The Kier molecular flexibility index (Phi) is 4.10. The largest absolute Gasteiger partial charge is 0.338 e. The van der Waals surface area contributed by atoms with Crippen LogP contribution in [0.1, 0.15) is 17.0 Å². The molecule has 0 spiro atoms. The van der Waals surface area contributed by atoms with E-state index < -0.39 is 0 Å². The predicted octanol–water partition coefficient (Wildman–Crippen LogP) is 2.02. The van der Waals surface area contributed by atoms with Crippen molar-refractivity contribution in [3.63, 3.8) is 0 Å². The number of nitrogens with zero attached hydrogens (tertiary/aromatic N) is 4. The minimum absolute atomic E-state index is 0.153. The summed E-state index contributed by atoms with van der Waals surface area (Å²) in [5, 5.41) is 3.16. The van der Waals surface area contributed by atoms with Crippen LogP contribution in [-0.2, 0) is 17.9 Å². The monoisotopic (exact) mass is 328 g/mol. The van der Waals surface area contributed by atoms with Crippen LogP contribution in [0.25, 0.3) is 0 Å². The molecule has 0 unspecified atom stereocenters. The third kappa shape index (κ3) is 3.14. The van der Waals surface area contributed by atoms with Crippen LogP contribution in [0.2, 0.25) is 0 Å². The fraction of sp³-hybridized carbons (Fsp3) is 0.471. The Morgan fingerprint density at radius 1 is 1.26 bits per heavy atom. The lowest BCUT2D eigenvalue weighted by atomic mass is 9.88. The summed E-state index contributed by atoms with van der Waals surface area (Å²) in [7, 11) is 0. The Morgan fingerprint density at radius 2 is 2.22 bits per heavy atom. The van der Waals surface area contributed by atoms with E-state index in [0.29, 0.717) is 18.4 Å². The van der Waals surface area contributed by atoms with Crippen molar-refractivity contribution in [2.24, 2.45) is 11.8 Å². The van der Waals surface area contributed by atoms with Crippen LogP contribution in [-0.4, -0.2) is 45.3 Å². The molecule has 2 aliphatic heterocycles. The van der Waals surface area contributed by atoms with E-state index in [4.69, 9.17) is 0 Å². The van der Waals surface area contributed by atoms with Gasteiger partial charge < -0.3 is 4.90 Å². The normalized spacial score (nSPS) is 24.9. The van der Waals surface area contributed by atoms with E-state index >= 15 is 0 Å². The first-order chi connectivity index (χ1) is 11.3. The van der Waals surface area contributed by atoms with Crippen molar-refractivity contribution in [3.8, 4) is 0 Å². The highest BCUT2D eigenvalue weighted by Crippen LogP contribution is 2.33. The summed E-state index contributed by atoms with van der Waals surface area (Å²) in [6, 6.07) is 3.97. The molecule has 0 bridgehead atoms. The van der Waals surface area contributed by atoms with E-state index in [2.05, 4.69) is 14.9 Å². The number of piperidine rings is 1. The first-order valence-electron chi connectivity index (χ1n) is 8.08. The average Bonchev–Trinajstić information content (AvgIpc) is 3.21. The van der Waals surface area contributed by atoms with Crippen LogP contribution in [0.4, 0.5) is 0 Å². The number of amides is 1. The summed E-state index contributed by atoms with van der Waals surface area (Å²) in [6.07, 6.45) is 6.57. The smallest absolute Gasteiger partial charge is 0.227 e. The highest BCUT2D eigenvalue weighted by molar-refractivity contribution is 7.09. The number of carbonyl (C=O) groups is 1. The Hall–Kier alpha value is -1.79. The van der Waals surface area contributed by atoms with Gasteiger partial charge >= 0.3 is 0 Å². The van der Waals surface area contributed by atoms with Gasteiger partial charge in [0.2, 0.25) is 5.91 Å². The summed E-state index contributed by atoms with van der Waals surface area (Å²) < 4.78 is 0. The molecule has 5 nitrogen and oxygen atoms in total. The number of fused-ring (bicyclic) bond motifs is 1. The number of carbonyl (C=O) groups excluding carboxylic acids is 1. The quantitative estimate of drug-likeness (QED) is 0.861. The summed E-state index contributed by atoms with van der Waals surface area (Å²) in [6.45, 7) is 4.31. The Bertz CT molecular complexity index is 660. The van der Waals surface area contributed by atoms with Gasteiger partial charge in [0.25, 0.3) is 0 Å². The summed E-state index contributed by atoms with van der Waals surface area (Å²) in [4.78, 5) is 25.7. The molecule has 0 aliphatic carbocycles. The minimum Gasteiger partial charge on any atom is -0.338 e. The van der Waals surface area contributed by atoms with Crippen molar-refractivity contribution in [2.75, 3.05) is 19.6 Å². The maximum atomic E-state index is 12.8. The van der Waals surface area contributed by atoms with E-state index in [-0.39, 0.29) is 5.92 Å². The molecule has 0 N–H and O–H groups in total. The lowest BCUT2D eigenvalue weighted by molar-refractivity contribution is -0.140. The van der Waals surface area contributed by atoms with Crippen LogP contribution < -0.4 is 0 Å². The maximum Gasteiger partial charge on any atom is 0.227 e. The lowest BCUT2D eigenvalue weighted by Crippen LogP contribution is -2.44. The van der Waals surface area contributed by atoms with E-state index in [1.54, 1.807) is 17.5 Å². The molecule has 1 amide bonds. The summed E-state index contributed by atoms with van der Waals surface area (Å²) in [5.41, 5.74) is 1.11. The van der Waals surface area contributed by atoms with Gasteiger partial charge in [-0.15, -0.1) is 11.3 Å². The van der Waals surface area contributed by atoms with Crippen molar-refractivity contribution in [2.45, 2.75) is 19.5 Å². The molecule has 0 saturated carbocycles. The lowest BCUT2D eigenvalue weighted by Gasteiger charge is -2.33. The molecule has 2 fully saturated rings. The van der Waals surface area contributed by atoms with Gasteiger partial charge in [0.05, 0.1) is 12.5 Å². The Balaban J connectivity index is 1.40. The first kappa shape index (κ1) is 14.8. The van der Waals surface area contributed by atoms with Crippen LogP contribution in [0.3, 0.4) is 0 Å². The Labute approximate surface area is 140 Å². The second-order valence-electron chi connectivity index (χ2n) is 6.40. The van der Waals surface area contributed by atoms with E-state index in [1.165, 1.54) is 0 Å². The van der Waals surface area contributed by atoms with Gasteiger partial charge in [0.1, 0.15) is 5.01 Å². The molecule has 2 atom stereocenters. The number of aromatic nitrogens is 2. The zero-order chi connectivity index (χ0) is 15.6. The molecule has 0 aromatic carbocycles. The molecule has 2 saturated heterocycles. The molecular formula is C17H20N4OS. The molecule has 4 rings (SSSR count). The summed E-state index contributed by atoms with van der Waals surface area (Å²) >= 11 is 1.69. The highest BCUT2D eigenvalue weighted by Gasteiger charge is 2.42. The molecule has 120 valence electrons. The van der Waals surface area contributed by atoms with Crippen molar-refractivity contribution in [1.29, 1.82) is 0 Å². The molecule has 23 heavy (non-hydrogen) atoms. The van der Waals surface area contributed by atoms with Crippen molar-refractivity contribution >= 4 is 17.2 Å². The van der Waals surface area contributed by atoms with Crippen molar-refractivity contribution in [3.05, 3.63) is 46.7 Å². The third-order valence-electron chi connectivity index (χ3n) is 4.85. The number of pyridine rings is 1. The number of hydrogen-bond donors (Lipinski definition) is 0. The van der Waals surface area contributed by atoms with Gasteiger partial charge in [-0.2, -0.15) is 0 Å². The number of rotatable bonds is 4. The third-order valence-corrected chi connectivity index (χ3v) is 5.62. The average molecular weight is 328 g/mol. The number of thiazole rings is 1. The molecule has 0 radical (unpaired) electrons. The van der Waals surface area contributed by atoms with Gasteiger partial charge in [-0.05, 0) is 24.0 Å². The highest BCUT2D eigenvalue weighted by atomic mass is 32.1. The molecule has 6 heteroatoms. The van der Waals surface area contributed by atoms with Gasteiger partial charge in [0.15, 0.2) is 0 Å². The van der Waals surface area contributed by atoms with Crippen LogP contribution >= 0.6 is 11.3 Å². The number of hydrogen-bond acceptors (Lipinski definition) is 5. The summed E-state index contributed by atoms with van der Waals surface area (Å²) in [5.74, 6) is 0.972. The topological polar surface area (TPSA) is 49.3 Å². The Morgan fingerprint density at radius 3 is 3.00 bits per heavy atom. The zero-order valence-corrected chi connectivity index (χ0v) is 13.8. The van der Waals surface area contributed by atoms with E-state index in [0.717, 1.165) is 43.2 Å². The molecule has 2 aliphatic rings. The van der Waals surface area contributed by atoms with Crippen LogP contribution in [0.15, 0.2) is 36.1 Å². The zero-order valence-electron chi connectivity index (χ0n) is 13.0. The molecule has 2 aromatic rings. The van der Waals surface area contributed by atoms with E-state index in [1.807, 2.05) is 34.8 Å². The second-order valence-corrected chi connectivity index (χ2v) is 7.38. The van der Waals surface area contributed by atoms with Gasteiger partial charge in [0, 0.05) is 50.1 Å². The molecule has 2 aromatic heterocycles. The van der Waals surface area contributed by atoms with Gasteiger partial charge in [-0.3, -0.25) is 14.7 Å². The standard InChI is InChI=1S/C17H20N4OS/c22-17-15-11-20(12-16-19-5-7-23-16)10-14(15)3-6-21(17)9-13-2-1-4-18-8-13/h1-2,4-5,7-8,14-15H,3,6,9-12H2/t14-,15-/m0/s1. The minimum atomic E-state index is 0.153. The van der Waals surface area contributed by atoms with Crippen molar-refractivity contribution in [1.82, 2.24) is 19.8 Å². The SMILES string of the molecule is O=C1[C@H]2CN(Cc3nccs3)C[C@@H]2CCN1Cc1cccnc1. The van der Waals surface area contributed by atoms with Crippen LogP contribution in [0, 0.1) is 11.8 Å². The van der Waals surface area contributed by atoms with Crippen molar-refractivity contribution < 1.29 is 4.79 Å². The van der Waals surface area contributed by atoms with Crippen LogP contribution in [0.5, 0.6) is 0 Å². The fourth-order valence-electron chi connectivity index (χ4n) is 3.72. The molecular weight excluding hydrogens is 308 g/mol. The van der Waals surface area contributed by atoms with Gasteiger partial charge in [-0.1, -0.05) is 6.07 Å². The predicted molar refractivity (Wildman–Crippen MR) is 88.6 cm³/mol. The molecule has 4 heterocycles. The first-order valence-corrected chi connectivity index (χ1v) is 8.96. The maximum absolute atomic E-state index is 12.8. The second kappa shape index (κ2) is 6.37.